The Morgan fingerprint density at radius 1 is 0.700 bits per heavy atom. The second-order valence-corrected chi connectivity index (χ2v) is 10.1. The van der Waals surface area contributed by atoms with Crippen LogP contribution in [-0.2, 0) is 5.79 Å². The van der Waals surface area contributed by atoms with Gasteiger partial charge in [-0.3, -0.25) is 4.79 Å². The Balaban J connectivity index is 1.46. The molecule has 3 atom stereocenters. The van der Waals surface area contributed by atoms with Crippen LogP contribution in [0.2, 0.25) is 0 Å². The van der Waals surface area contributed by atoms with Crippen LogP contribution in [0.4, 0.5) is 0 Å². The summed E-state index contributed by atoms with van der Waals surface area (Å²) in [6.45, 7) is 0. The van der Waals surface area contributed by atoms with Crippen LogP contribution in [0, 0.1) is 0 Å². The average Bonchev–Trinajstić information content (AvgIpc) is 2.89. The number of phenolic OH excluding ortho intramolecular Hbond substituents is 6. The molecule has 0 fully saturated rings. The van der Waals surface area contributed by atoms with Crippen molar-refractivity contribution in [1.29, 1.82) is 0 Å². The first-order valence-electron chi connectivity index (χ1n) is 12.5. The van der Waals surface area contributed by atoms with Crippen LogP contribution in [0.1, 0.15) is 57.5 Å². The second kappa shape index (κ2) is 8.12. The van der Waals surface area contributed by atoms with Gasteiger partial charge in [0.15, 0.2) is 17.3 Å². The Hall–Kier alpha value is -5.25. The number of carbonyl (C=O) groups is 1. The summed E-state index contributed by atoms with van der Waals surface area (Å²) < 4.78 is 19.0. The third-order valence-electron chi connectivity index (χ3n) is 7.68. The molecule has 0 aliphatic carbocycles. The van der Waals surface area contributed by atoms with Crippen LogP contribution in [0.25, 0.3) is 0 Å². The van der Waals surface area contributed by atoms with Crippen LogP contribution in [0.15, 0.2) is 60.7 Å². The zero-order valence-corrected chi connectivity index (χ0v) is 20.7. The maximum Gasteiger partial charge on any atom is 0.279 e. The Kier molecular flexibility index (Phi) is 4.84. The number of fused-ring (bicyclic) bond motifs is 8. The number of carbonyl (C=O) groups excluding carboxylic acids is 1. The number of phenols is 6. The molecule has 4 aromatic rings. The molecule has 3 aliphatic heterocycles. The molecule has 0 spiro atoms. The van der Waals surface area contributed by atoms with Crippen LogP contribution in [0.5, 0.6) is 51.7 Å². The molecule has 2 bridgehead atoms. The predicted molar refractivity (Wildman–Crippen MR) is 137 cm³/mol. The van der Waals surface area contributed by atoms with Gasteiger partial charge in [0.2, 0.25) is 0 Å². The number of ether oxygens (including phenoxy) is 3. The third kappa shape index (κ3) is 3.39. The van der Waals surface area contributed by atoms with Crippen LogP contribution < -0.4 is 14.2 Å². The minimum absolute atomic E-state index is 0.0153. The number of Topliss-reactive ketones (excluding diaryl/α,β-unsaturated/α-hetero) is 1. The summed E-state index contributed by atoms with van der Waals surface area (Å²) in [5, 5.41) is 62.0. The topological polar surface area (TPSA) is 166 Å². The van der Waals surface area contributed by atoms with Crippen LogP contribution in [0.3, 0.4) is 0 Å². The van der Waals surface area contributed by atoms with E-state index in [1.807, 2.05) is 0 Å². The van der Waals surface area contributed by atoms with Gasteiger partial charge in [-0.25, -0.2) is 0 Å². The number of rotatable bonds is 2. The van der Waals surface area contributed by atoms with E-state index >= 15 is 0 Å². The summed E-state index contributed by atoms with van der Waals surface area (Å²) in [6.07, 6.45) is -0.723. The molecule has 3 aliphatic rings. The number of hydrogen-bond donors (Lipinski definition) is 6. The van der Waals surface area contributed by atoms with Crippen LogP contribution in [-0.4, -0.2) is 36.4 Å². The highest BCUT2D eigenvalue weighted by Gasteiger charge is 2.53. The highest BCUT2D eigenvalue weighted by molar-refractivity contribution is 6.03. The first-order valence-corrected chi connectivity index (χ1v) is 12.5. The van der Waals surface area contributed by atoms with Gasteiger partial charge >= 0.3 is 0 Å². The summed E-state index contributed by atoms with van der Waals surface area (Å²) in [4.78, 5) is 13.3. The van der Waals surface area contributed by atoms with E-state index in [4.69, 9.17) is 14.2 Å². The molecule has 0 saturated heterocycles. The molecule has 7 rings (SSSR count). The van der Waals surface area contributed by atoms with Crippen molar-refractivity contribution in [2.24, 2.45) is 0 Å². The monoisotopic (exact) mass is 542 g/mol. The lowest BCUT2D eigenvalue weighted by Gasteiger charge is -2.47. The van der Waals surface area contributed by atoms with Gasteiger partial charge in [0.05, 0.1) is 6.42 Å². The number of hydrogen-bond acceptors (Lipinski definition) is 10. The van der Waals surface area contributed by atoms with E-state index in [0.29, 0.717) is 22.3 Å². The van der Waals surface area contributed by atoms with Crippen molar-refractivity contribution in [3.8, 4) is 51.7 Å². The zero-order chi connectivity index (χ0) is 27.9. The molecule has 3 heterocycles. The minimum atomic E-state index is -1.61. The summed E-state index contributed by atoms with van der Waals surface area (Å²) in [5.74, 6) is -3.92. The molecule has 10 nitrogen and oxygen atoms in total. The van der Waals surface area contributed by atoms with Gasteiger partial charge < -0.3 is 44.8 Å². The largest absolute Gasteiger partial charge is 0.508 e. The molecule has 4 aromatic carbocycles. The quantitative estimate of drug-likeness (QED) is 0.194. The van der Waals surface area contributed by atoms with E-state index in [2.05, 4.69) is 0 Å². The van der Waals surface area contributed by atoms with Crippen molar-refractivity contribution in [3.05, 3.63) is 88.5 Å². The van der Waals surface area contributed by atoms with Gasteiger partial charge in [-0.05, 0) is 35.9 Å². The first kappa shape index (κ1) is 23.8. The number of aromatic hydroxyl groups is 6. The van der Waals surface area contributed by atoms with Gasteiger partial charge in [-0.2, -0.15) is 0 Å². The normalized spacial score (nSPS) is 22.1. The van der Waals surface area contributed by atoms with Crippen molar-refractivity contribution in [1.82, 2.24) is 0 Å². The summed E-state index contributed by atoms with van der Waals surface area (Å²) in [7, 11) is 0. The van der Waals surface area contributed by atoms with Gasteiger partial charge in [-0.15, -0.1) is 0 Å². The average molecular weight is 542 g/mol. The molecule has 0 radical (unpaired) electrons. The maximum absolute atomic E-state index is 13.3. The first-order chi connectivity index (χ1) is 19.1. The SMILES string of the molecule is O=C1C[C@H](c2ccc(O)cc2)Oc2c1c(O)cc1c2[C@@H]2C[C@@](c3ccc(O)c(O)c3)(Oc3cc(O)cc(O)c32)O1. The van der Waals surface area contributed by atoms with Crippen molar-refractivity contribution in [2.75, 3.05) is 0 Å². The Labute approximate surface area is 226 Å². The molecule has 0 unspecified atom stereocenters. The second-order valence-electron chi connectivity index (χ2n) is 10.1. The van der Waals surface area contributed by atoms with E-state index in [1.54, 1.807) is 12.1 Å². The molecule has 0 saturated carbocycles. The van der Waals surface area contributed by atoms with Crippen molar-refractivity contribution in [2.45, 2.75) is 30.7 Å². The summed E-state index contributed by atoms with van der Waals surface area (Å²) in [5.41, 5.74) is 1.66. The highest BCUT2D eigenvalue weighted by atomic mass is 16.7. The van der Waals surface area contributed by atoms with Gasteiger partial charge in [-0.1, -0.05) is 12.1 Å². The smallest absolute Gasteiger partial charge is 0.279 e. The molecule has 0 aromatic heterocycles. The number of benzene rings is 4. The van der Waals surface area contributed by atoms with Crippen LogP contribution >= 0.6 is 0 Å². The summed E-state index contributed by atoms with van der Waals surface area (Å²) >= 11 is 0. The van der Waals surface area contributed by atoms with Gasteiger partial charge in [0, 0.05) is 47.2 Å². The fourth-order valence-electron chi connectivity index (χ4n) is 5.88. The Bertz CT molecular complexity index is 1730. The number of ketones is 1. The lowest BCUT2D eigenvalue weighted by molar-refractivity contribution is -0.149. The molecular weight excluding hydrogens is 520 g/mol. The van der Waals surface area contributed by atoms with Crippen molar-refractivity contribution >= 4 is 5.78 Å². The van der Waals surface area contributed by atoms with E-state index in [0.717, 1.165) is 0 Å². The molecule has 6 N–H and O–H groups in total. The molecule has 202 valence electrons. The standard InChI is InChI=1S/C30H22O10/c31-15-4-1-13(2-5-15)23-10-21(36)28-22(37)11-25-27(29(28)38-23)17-12-30(40-25,14-3-6-18(33)19(34)7-14)39-24-9-16(32)8-20(35)26(17)24/h1-9,11,17,23,31-35,37H,10,12H2/t17-,23-,30-/m1/s1. The molecule has 10 heteroatoms. The van der Waals surface area contributed by atoms with E-state index in [-0.39, 0.29) is 70.2 Å². The lowest BCUT2D eigenvalue weighted by atomic mass is 9.76. The molecular formula is C30H22O10. The molecule has 0 amide bonds. The fraction of sp³-hybridized carbons (Fsp3) is 0.167. The van der Waals surface area contributed by atoms with E-state index < -0.39 is 23.6 Å². The van der Waals surface area contributed by atoms with E-state index in [1.165, 1.54) is 48.5 Å². The maximum atomic E-state index is 13.3. The Morgan fingerprint density at radius 3 is 2.15 bits per heavy atom. The predicted octanol–water partition coefficient (Wildman–Crippen LogP) is 4.79. The minimum Gasteiger partial charge on any atom is -0.508 e. The molecule has 40 heavy (non-hydrogen) atoms. The Morgan fingerprint density at radius 2 is 1.43 bits per heavy atom. The lowest BCUT2D eigenvalue weighted by Crippen LogP contribution is -2.47. The summed E-state index contributed by atoms with van der Waals surface area (Å²) in [6, 6.07) is 14.1. The van der Waals surface area contributed by atoms with E-state index in [9.17, 15) is 35.4 Å². The van der Waals surface area contributed by atoms with Crippen molar-refractivity contribution in [3.63, 3.8) is 0 Å². The fourth-order valence-corrected chi connectivity index (χ4v) is 5.88. The van der Waals surface area contributed by atoms with Gasteiger partial charge in [0.25, 0.3) is 5.79 Å². The van der Waals surface area contributed by atoms with Crippen molar-refractivity contribution < 1.29 is 49.6 Å². The zero-order valence-electron chi connectivity index (χ0n) is 20.7. The van der Waals surface area contributed by atoms with Gasteiger partial charge in [0.1, 0.15) is 51.9 Å². The highest BCUT2D eigenvalue weighted by Crippen LogP contribution is 2.62. The third-order valence-corrected chi connectivity index (χ3v) is 7.68.